The van der Waals surface area contributed by atoms with E-state index in [2.05, 4.69) is 27.6 Å². The van der Waals surface area contributed by atoms with E-state index in [0.29, 0.717) is 15.7 Å². The van der Waals surface area contributed by atoms with E-state index in [-0.39, 0.29) is 5.91 Å². The maximum absolute atomic E-state index is 12.2. The van der Waals surface area contributed by atoms with Crippen molar-refractivity contribution in [3.8, 4) is 0 Å². The van der Waals surface area contributed by atoms with Crippen LogP contribution in [0.2, 0.25) is 5.02 Å². The second-order valence-electron chi connectivity index (χ2n) is 4.91. The fraction of sp³-hybridized carbons (Fsp3) is 0.118. The molecule has 0 aliphatic heterocycles. The number of thioether (sulfide) groups is 1. The molecule has 0 saturated carbocycles. The van der Waals surface area contributed by atoms with Gasteiger partial charge in [-0.2, -0.15) is 0 Å². The molecule has 1 N–H and O–H groups in total. The van der Waals surface area contributed by atoms with Crippen LogP contribution in [0.5, 0.6) is 0 Å². The van der Waals surface area contributed by atoms with E-state index in [0.717, 1.165) is 16.5 Å². The Kier molecular flexibility index (Phi) is 5.85. The molecule has 0 atom stereocenters. The largest absolute Gasteiger partial charge is 0.296 e. The molecule has 122 valence electrons. The third-order valence-electron chi connectivity index (χ3n) is 3.14. The Balaban J connectivity index is 1.54. The lowest BCUT2D eigenvalue weighted by Crippen LogP contribution is -2.12. The molecule has 0 saturated heterocycles. The number of rotatable bonds is 6. The second kappa shape index (κ2) is 8.28. The Morgan fingerprint density at radius 3 is 2.58 bits per heavy atom. The molecule has 1 aromatic heterocycles. The number of carbonyl (C=O) groups is 1. The van der Waals surface area contributed by atoms with E-state index >= 15 is 0 Å². The molecule has 7 heteroatoms. The highest BCUT2D eigenvalue weighted by atomic mass is 35.5. The van der Waals surface area contributed by atoms with Gasteiger partial charge in [0.25, 0.3) is 5.91 Å². The molecule has 24 heavy (non-hydrogen) atoms. The zero-order chi connectivity index (χ0) is 16.8. The molecule has 1 amide bonds. The van der Waals surface area contributed by atoms with Gasteiger partial charge in [0.1, 0.15) is 5.01 Å². The van der Waals surface area contributed by atoms with Crippen molar-refractivity contribution in [1.82, 2.24) is 10.2 Å². The van der Waals surface area contributed by atoms with E-state index in [9.17, 15) is 4.79 Å². The maximum Gasteiger partial charge on any atom is 0.259 e. The van der Waals surface area contributed by atoms with Gasteiger partial charge in [-0.05, 0) is 17.7 Å². The number of hydrogen-bond acceptors (Lipinski definition) is 5. The van der Waals surface area contributed by atoms with Crippen LogP contribution >= 0.6 is 34.7 Å². The van der Waals surface area contributed by atoms with Crippen LogP contribution < -0.4 is 5.32 Å². The van der Waals surface area contributed by atoms with E-state index in [1.54, 1.807) is 36.0 Å². The number of nitrogens with one attached hydrogen (secondary N) is 1. The summed E-state index contributed by atoms with van der Waals surface area (Å²) in [5.74, 6) is 1.40. The number of hydrogen-bond donors (Lipinski definition) is 1. The molecule has 4 nitrogen and oxygen atoms in total. The Bertz CT molecular complexity index is 823. The standard InChI is InChI=1S/C17H14ClN3OS2/c18-14-9-5-4-8-13(14)16(22)19-17-21-20-15(24-17)11-23-10-12-6-2-1-3-7-12/h1-9H,10-11H2,(H,19,21,22). The van der Waals surface area contributed by atoms with Gasteiger partial charge in [-0.3, -0.25) is 10.1 Å². The number of amides is 1. The van der Waals surface area contributed by atoms with E-state index < -0.39 is 0 Å². The minimum Gasteiger partial charge on any atom is -0.296 e. The van der Waals surface area contributed by atoms with Crippen LogP contribution in [0.1, 0.15) is 20.9 Å². The Morgan fingerprint density at radius 1 is 1.04 bits per heavy atom. The number of nitrogens with zero attached hydrogens (tertiary/aromatic N) is 2. The highest BCUT2D eigenvalue weighted by molar-refractivity contribution is 7.97. The molecule has 0 fully saturated rings. The van der Waals surface area contributed by atoms with Gasteiger partial charge in [-0.15, -0.1) is 22.0 Å². The van der Waals surface area contributed by atoms with Gasteiger partial charge >= 0.3 is 0 Å². The summed E-state index contributed by atoms with van der Waals surface area (Å²) in [6.45, 7) is 0. The summed E-state index contributed by atoms with van der Waals surface area (Å²) < 4.78 is 0. The van der Waals surface area contributed by atoms with Gasteiger partial charge in [-0.25, -0.2) is 0 Å². The van der Waals surface area contributed by atoms with E-state index in [4.69, 9.17) is 11.6 Å². The topological polar surface area (TPSA) is 54.9 Å². The quantitative estimate of drug-likeness (QED) is 0.667. The summed E-state index contributed by atoms with van der Waals surface area (Å²) in [7, 11) is 0. The lowest BCUT2D eigenvalue weighted by molar-refractivity contribution is 0.102. The highest BCUT2D eigenvalue weighted by Gasteiger charge is 2.12. The highest BCUT2D eigenvalue weighted by Crippen LogP contribution is 2.24. The number of anilines is 1. The Morgan fingerprint density at radius 2 is 1.79 bits per heavy atom. The van der Waals surface area contributed by atoms with Crippen LogP contribution in [0.15, 0.2) is 54.6 Å². The van der Waals surface area contributed by atoms with Crippen molar-refractivity contribution >= 4 is 45.7 Å². The van der Waals surface area contributed by atoms with Gasteiger partial charge < -0.3 is 0 Å². The zero-order valence-corrected chi connectivity index (χ0v) is 15.0. The van der Waals surface area contributed by atoms with Crippen molar-refractivity contribution in [3.05, 3.63) is 75.8 Å². The number of benzene rings is 2. The monoisotopic (exact) mass is 375 g/mol. The van der Waals surface area contributed by atoms with E-state index in [1.807, 2.05) is 18.2 Å². The van der Waals surface area contributed by atoms with Crippen LogP contribution in [0.25, 0.3) is 0 Å². The Labute approximate surface area is 153 Å². The fourth-order valence-electron chi connectivity index (χ4n) is 2.00. The maximum atomic E-state index is 12.2. The first-order valence-corrected chi connectivity index (χ1v) is 9.57. The first-order valence-electron chi connectivity index (χ1n) is 7.22. The third-order valence-corrected chi connectivity index (χ3v) is 5.51. The average molecular weight is 376 g/mol. The molecule has 0 unspecified atom stereocenters. The van der Waals surface area contributed by atoms with Crippen molar-refractivity contribution in [2.24, 2.45) is 0 Å². The molecule has 0 radical (unpaired) electrons. The van der Waals surface area contributed by atoms with Crippen molar-refractivity contribution in [3.63, 3.8) is 0 Å². The molecule has 3 rings (SSSR count). The van der Waals surface area contributed by atoms with Crippen LogP contribution in [-0.2, 0) is 11.5 Å². The normalized spacial score (nSPS) is 10.5. The minimum absolute atomic E-state index is 0.278. The molecular formula is C17H14ClN3OS2. The molecule has 0 aliphatic rings. The fourth-order valence-corrected chi connectivity index (χ4v) is 4.00. The summed E-state index contributed by atoms with van der Waals surface area (Å²) in [5.41, 5.74) is 1.70. The van der Waals surface area contributed by atoms with Crippen LogP contribution in [0.4, 0.5) is 5.13 Å². The van der Waals surface area contributed by atoms with Crippen LogP contribution in [0, 0.1) is 0 Å². The third kappa shape index (κ3) is 4.56. The summed E-state index contributed by atoms with van der Waals surface area (Å²) >= 11 is 9.16. The van der Waals surface area contributed by atoms with Crippen LogP contribution in [0.3, 0.4) is 0 Å². The lowest BCUT2D eigenvalue weighted by Gasteiger charge is -2.02. The van der Waals surface area contributed by atoms with Crippen molar-refractivity contribution in [2.75, 3.05) is 5.32 Å². The summed E-state index contributed by atoms with van der Waals surface area (Å²) in [6, 6.07) is 17.2. The Hall–Kier alpha value is -1.89. The van der Waals surface area contributed by atoms with Gasteiger partial charge in [0.15, 0.2) is 0 Å². The van der Waals surface area contributed by atoms with Crippen LogP contribution in [-0.4, -0.2) is 16.1 Å². The van der Waals surface area contributed by atoms with Crippen molar-refractivity contribution < 1.29 is 4.79 Å². The first-order chi connectivity index (χ1) is 11.7. The van der Waals surface area contributed by atoms with Crippen molar-refractivity contribution in [1.29, 1.82) is 0 Å². The first kappa shape index (κ1) is 17.0. The minimum atomic E-state index is -0.278. The molecule has 3 aromatic rings. The SMILES string of the molecule is O=C(Nc1nnc(CSCc2ccccc2)s1)c1ccccc1Cl. The average Bonchev–Trinajstić information content (AvgIpc) is 3.03. The smallest absolute Gasteiger partial charge is 0.259 e. The molecule has 0 aliphatic carbocycles. The number of halogens is 1. The van der Waals surface area contributed by atoms with Gasteiger partial charge in [0, 0.05) is 11.5 Å². The summed E-state index contributed by atoms with van der Waals surface area (Å²) in [4.78, 5) is 12.2. The molecule has 1 heterocycles. The summed E-state index contributed by atoms with van der Waals surface area (Å²) in [5, 5.41) is 12.7. The van der Waals surface area contributed by atoms with Gasteiger partial charge in [0.05, 0.1) is 10.6 Å². The summed E-state index contributed by atoms with van der Waals surface area (Å²) in [6.07, 6.45) is 0. The number of aromatic nitrogens is 2. The second-order valence-corrected chi connectivity index (χ2v) is 7.37. The predicted molar refractivity (Wildman–Crippen MR) is 101 cm³/mol. The molecule has 0 bridgehead atoms. The van der Waals surface area contributed by atoms with Gasteiger partial charge in [-0.1, -0.05) is 65.4 Å². The molecule has 0 spiro atoms. The van der Waals surface area contributed by atoms with E-state index in [1.165, 1.54) is 16.9 Å². The zero-order valence-electron chi connectivity index (χ0n) is 12.6. The van der Waals surface area contributed by atoms with Crippen molar-refractivity contribution in [2.45, 2.75) is 11.5 Å². The predicted octanol–water partition coefficient (Wildman–Crippen LogP) is 4.88. The molecule has 2 aromatic carbocycles. The lowest BCUT2D eigenvalue weighted by atomic mass is 10.2. The van der Waals surface area contributed by atoms with Gasteiger partial charge in [0.2, 0.25) is 5.13 Å². The molecular weight excluding hydrogens is 362 g/mol. The number of carbonyl (C=O) groups excluding carboxylic acids is 1.